The maximum absolute atomic E-state index is 11.9. The summed E-state index contributed by atoms with van der Waals surface area (Å²) in [6.45, 7) is 10.5. The van der Waals surface area contributed by atoms with Gasteiger partial charge in [-0.05, 0) is 24.0 Å². The number of carbonyl (C=O) groups excluding carboxylic acids is 2. The fourth-order valence-corrected chi connectivity index (χ4v) is 1.50. The standard InChI is InChI=1S/C15H17NO5/c1-9-8-11(16(19)20)6-7-12(9)14(18)21-13(17)10(2)15(3,4)5/h6-8H,2H2,1,3-5H3. The second kappa shape index (κ2) is 5.87. The monoisotopic (exact) mass is 291 g/mol. The van der Waals surface area contributed by atoms with Gasteiger partial charge in [-0.2, -0.15) is 0 Å². The third-order valence-electron chi connectivity index (χ3n) is 2.98. The van der Waals surface area contributed by atoms with E-state index in [1.807, 2.05) is 0 Å². The van der Waals surface area contributed by atoms with Crippen LogP contribution in [-0.2, 0) is 9.53 Å². The van der Waals surface area contributed by atoms with Crippen molar-refractivity contribution in [1.29, 1.82) is 0 Å². The molecular formula is C15H17NO5. The van der Waals surface area contributed by atoms with Gasteiger partial charge in [0.1, 0.15) is 0 Å². The Kier molecular flexibility index (Phi) is 4.62. The number of carbonyl (C=O) groups is 2. The summed E-state index contributed by atoms with van der Waals surface area (Å²) in [5, 5.41) is 10.6. The molecular weight excluding hydrogens is 274 g/mol. The van der Waals surface area contributed by atoms with Gasteiger partial charge in [0, 0.05) is 17.7 Å². The largest absolute Gasteiger partial charge is 0.386 e. The summed E-state index contributed by atoms with van der Waals surface area (Å²) in [7, 11) is 0. The molecule has 1 aromatic carbocycles. The van der Waals surface area contributed by atoms with Crippen LogP contribution in [0, 0.1) is 22.5 Å². The Morgan fingerprint density at radius 1 is 1.29 bits per heavy atom. The van der Waals surface area contributed by atoms with Crippen LogP contribution in [0.3, 0.4) is 0 Å². The average molecular weight is 291 g/mol. The zero-order valence-electron chi connectivity index (χ0n) is 12.4. The fourth-order valence-electron chi connectivity index (χ4n) is 1.50. The van der Waals surface area contributed by atoms with Gasteiger partial charge in [0.05, 0.1) is 10.5 Å². The third kappa shape index (κ3) is 3.98. The number of non-ortho nitro benzene ring substituents is 1. The molecule has 0 aromatic heterocycles. The normalized spacial score (nSPS) is 10.9. The molecule has 6 nitrogen and oxygen atoms in total. The Morgan fingerprint density at radius 3 is 2.29 bits per heavy atom. The van der Waals surface area contributed by atoms with Crippen molar-refractivity contribution in [1.82, 2.24) is 0 Å². The van der Waals surface area contributed by atoms with E-state index in [9.17, 15) is 19.7 Å². The summed E-state index contributed by atoms with van der Waals surface area (Å²) in [4.78, 5) is 33.8. The van der Waals surface area contributed by atoms with E-state index in [1.165, 1.54) is 25.1 Å². The molecule has 0 fully saturated rings. The van der Waals surface area contributed by atoms with Gasteiger partial charge < -0.3 is 4.74 Å². The van der Waals surface area contributed by atoms with Crippen molar-refractivity contribution in [3.8, 4) is 0 Å². The number of rotatable bonds is 3. The third-order valence-corrected chi connectivity index (χ3v) is 2.98. The molecule has 0 aliphatic rings. The van der Waals surface area contributed by atoms with Crippen LogP contribution < -0.4 is 0 Å². The maximum atomic E-state index is 11.9. The molecule has 0 radical (unpaired) electrons. The summed E-state index contributed by atoms with van der Waals surface area (Å²) < 4.78 is 4.76. The number of hydrogen-bond acceptors (Lipinski definition) is 5. The molecule has 0 aliphatic heterocycles. The van der Waals surface area contributed by atoms with Gasteiger partial charge in [0.25, 0.3) is 5.69 Å². The molecule has 0 spiro atoms. The molecule has 21 heavy (non-hydrogen) atoms. The lowest BCUT2D eigenvalue weighted by Gasteiger charge is -2.19. The zero-order valence-corrected chi connectivity index (χ0v) is 12.4. The van der Waals surface area contributed by atoms with Gasteiger partial charge in [0.2, 0.25) is 0 Å². The molecule has 0 unspecified atom stereocenters. The second-order valence-electron chi connectivity index (χ2n) is 5.66. The Hall–Kier alpha value is -2.50. The second-order valence-corrected chi connectivity index (χ2v) is 5.66. The molecule has 0 aliphatic carbocycles. The van der Waals surface area contributed by atoms with Crippen molar-refractivity contribution < 1.29 is 19.2 Å². The molecule has 0 N–H and O–H groups in total. The minimum atomic E-state index is -0.849. The van der Waals surface area contributed by atoms with Crippen molar-refractivity contribution in [3.05, 3.63) is 51.6 Å². The number of ether oxygens (including phenoxy) is 1. The van der Waals surface area contributed by atoms with E-state index in [2.05, 4.69) is 6.58 Å². The number of benzene rings is 1. The number of aryl methyl sites for hydroxylation is 1. The first-order valence-electron chi connectivity index (χ1n) is 6.25. The minimum absolute atomic E-state index is 0.107. The van der Waals surface area contributed by atoms with Crippen LogP contribution in [0.2, 0.25) is 0 Å². The maximum Gasteiger partial charge on any atom is 0.346 e. The molecule has 0 saturated carbocycles. The van der Waals surface area contributed by atoms with Crippen molar-refractivity contribution in [2.24, 2.45) is 5.41 Å². The number of esters is 2. The fraction of sp³-hybridized carbons (Fsp3) is 0.333. The van der Waals surface area contributed by atoms with Gasteiger partial charge in [-0.1, -0.05) is 27.4 Å². The Morgan fingerprint density at radius 2 is 1.86 bits per heavy atom. The van der Waals surface area contributed by atoms with Gasteiger partial charge in [-0.25, -0.2) is 9.59 Å². The highest BCUT2D eigenvalue weighted by Crippen LogP contribution is 2.25. The molecule has 0 heterocycles. The summed E-state index contributed by atoms with van der Waals surface area (Å²) in [6, 6.07) is 3.70. The average Bonchev–Trinajstić information content (AvgIpc) is 2.35. The van der Waals surface area contributed by atoms with E-state index < -0.39 is 22.3 Å². The zero-order chi connectivity index (χ0) is 16.4. The topological polar surface area (TPSA) is 86.5 Å². The first kappa shape index (κ1) is 16.6. The summed E-state index contributed by atoms with van der Waals surface area (Å²) in [5.74, 6) is -1.65. The van der Waals surface area contributed by atoms with E-state index in [0.717, 1.165) is 0 Å². The number of hydrogen-bond donors (Lipinski definition) is 0. The van der Waals surface area contributed by atoms with Crippen LogP contribution in [-0.4, -0.2) is 16.9 Å². The van der Waals surface area contributed by atoms with E-state index in [0.29, 0.717) is 5.56 Å². The number of nitro groups is 1. The summed E-state index contributed by atoms with van der Waals surface area (Å²) in [6.07, 6.45) is 0. The SMILES string of the molecule is C=C(C(=O)OC(=O)c1ccc([N+](=O)[O-])cc1C)C(C)(C)C. The molecule has 112 valence electrons. The molecule has 0 bridgehead atoms. The Bertz CT molecular complexity index is 625. The van der Waals surface area contributed by atoms with Crippen molar-refractivity contribution in [2.45, 2.75) is 27.7 Å². The summed E-state index contributed by atoms with van der Waals surface area (Å²) >= 11 is 0. The van der Waals surface area contributed by atoms with Crippen LogP contribution >= 0.6 is 0 Å². The highest BCUT2D eigenvalue weighted by atomic mass is 16.6. The van der Waals surface area contributed by atoms with E-state index >= 15 is 0 Å². The van der Waals surface area contributed by atoms with Gasteiger partial charge >= 0.3 is 11.9 Å². The van der Waals surface area contributed by atoms with Crippen molar-refractivity contribution in [3.63, 3.8) is 0 Å². The quantitative estimate of drug-likeness (QED) is 0.280. The van der Waals surface area contributed by atoms with Gasteiger partial charge in [-0.15, -0.1) is 0 Å². The lowest BCUT2D eigenvalue weighted by molar-refractivity contribution is -0.384. The lowest BCUT2D eigenvalue weighted by atomic mass is 9.88. The van der Waals surface area contributed by atoms with Crippen molar-refractivity contribution >= 4 is 17.6 Å². The minimum Gasteiger partial charge on any atom is -0.386 e. The van der Waals surface area contributed by atoms with Crippen LogP contribution in [0.4, 0.5) is 5.69 Å². The Balaban J connectivity index is 2.93. The number of nitrogens with zero attached hydrogens (tertiary/aromatic N) is 1. The molecule has 0 amide bonds. The van der Waals surface area contributed by atoms with Crippen LogP contribution in [0.25, 0.3) is 0 Å². The molecule has 0 atom stereocenters. The van der Waals surface area contributed by atoms with Gasteiger partial charge in [-0.3, -0.25) is 10.1 Å². The predicted octanol–water partition coefficient (Wildman–Crippen LogP) is 3.19. The van der Waals surface area contributed by atoms with Crippen molar-refractivity contribution in [2.75, 3.05) is 0 Å². The van der Waals surface area contributed by atoms with E-state index in [4.69, 9.17) is 4.74 Å². The molecule has 1 rings (SSSR count). The first-order valence-corrected chi connectivity index (χ1v) is 6.25. The van der Waals surface area contributed by atoms with Gasteiger partial charge in [0.15, 0.2) is 0 Å². The predicted molar refractivity (Wildman–Crippen MR) is 76.9 cm³/mol. The highest BCUT2D eigenvalue weighted by molar-refractivity contribution is 6.03. The van der Waals surface area contributed by atoms with E-state index in [-0.39, 0.29) is 16.8 Å². The smallest absolute Gasteiger partial charge is 0.346 e. The first-order chi connectivity index (χ1) is 9.54. The Labute approximate surface area is 122 Å². The molecule has 6 heteroatoms. The summed E-state index contributed by atoms with van der Waals surface area (Å²) in [5.41, 5.74) is 0.00550. The van der Waals surface area contributed by atoms with Crippen LogP contribution in [0.1, 0.15) is 36.7 Å². The highest BCUT2D eigenvalue weighted by Gasteiger charge is 2.26. The molecule has 0 saturated heterocycles. The van der Waals surface area contributed by atoms with Crippen LogP contribution in [0.5, 0.6) is 0 Å². The van der Waals surface area contributed by atoms with Crippen LogP contribution in [0.15, 0.2) is 30.4 Å². The molecule has 1 aromatic rings. The van der Waals surface area contributed by atoms with E-state index in [1.54, 1.807) is 20.8 Å². The number of nitro benzene ring substituents is 1. The lowest BCUT2D eigenvalue weighted by Crippen LogP contribution is -2.22.